The van der Waals surface area contributed by atoms with Crippen molar-refractivity contribution < 1.29 is 35.8 Å². The summed E-state index contributed by atoms with van der Waals surface area (Å²) in [6.45, 7) is 1.22. The maximum atomic E-state index is 12.7. The third-order valence-corrected chi connectivity index (χ3v) is 8.23. The van der Waals surface area contributed by atoms with E-state index in [2.05, 4.69) is 5.32 Å². The number of hydrogen-bond acceptors (Lipinski definition) is 8. The van der Waals surface area contributed by atoms with Gasteiger partial charge in [0.1, 0.15) is 24.7 Å². The van der Waals surface area contributed by atoms with Crippen molar-refractivity contribution in [2.45, 2.75) is 4.90 Å². The molecule has 1 heterocycles. The van der Waals surface area contributed by atoms with E-state index >= 15 is 0 Å². The second-order valence-electron chi connectivity index (χ2n) is 7.65. The average molecular weight is 528 g/mol. The Hall–Kier alpha value is -2.87. The van der Waals surface area contributed by atoms with Crippen molar-refractivity contribution in [1.29, 1.82) is 0 Å². The SMILES string of the molecule is COc1ccc(N(CC(=O)NCCOc2ccc(S(=O)(=O)N3CCOCC3)cc2)S(C)(=O)=O)cc1. The second-order valence-corrected chi connectivity index (χ2v) is 11.5. The first-order valence-electron chi connectivity index (χ1n) is 10.8. The van der Waals surface area contributed by atoms with Crippen molar-refractivity contribution in [2.75, 3.05) is 63.7 Å². The van der Waals surface area contributed by atoms with Crippen molar-refractivity contribution >= 4 is 31.6 Å². The van der Waals surface area contributed by atoms with Crippen LogP contribution < -0.4 is 19.1 Å². The molecule has 35 heavy (non-hydrogen) atoms. The molecule has 0 unspecified atom stereocenters. The number of rotatable bonds is 11. The number of morpholine rings is 1. The smallest absolute Gasteiger partial charge is 0.243 e. The highest BCUT2D eigenvalue weighted by atomic mass is 32.2. The zero-order valence-corrected chi connectivity index (χ0v) is 21.2. The molecule has 1 N–H and O–H groups in total. The summed E-state index contributed by atoms with van der Waals surface area (Å²) in [5.74, 6) is 0.508. The highest BCUT2D eigenvalue weighted by molar-refractivity contribution is 7.92. The molecule has 192 valence electrons. The van der Waals surface area contributed by atoms with E-state index < -0.39 is 26.0 Å². The quantitative estimate of drug-likeness (QED) is 0.422. The van der Waals surface area contributed by atoms with Gasteiger partial charge in [0, 0.05) is 13.1 Å². The minimum Gasteiger partial charge on any atom is -0.497 e. The van der Waals surface area contributed by atoms with Crippen LogP contribution in [-0.4, -0.2) is 86.4 Å². The van der Waals surface area contributed by atoms with Crippen molar-refractivity contribution in [3.8, 4) is 11.5 Å². The highest BCUT2D eigenvalue weighted by Crippen LogP contribution is 2.22. The maximum Gasteiger partial charge on any atom is 0.243 e. The van der Waals surface area contributed by atoms with Crippen LogP contribution >= 0.6 is 0 Å². The lowest BCUT2D eigenvalue weighted by Crippen LogP contribution is -2.41. The first-order chi connectivity index (χ1) is 16.6. The monoisotopic (exact) mass is 527 g/mol. The van der Waals surface area contributed by atoms with Crippen LogP contribution in [0.15, 0.2) is 53.4 Å². The lowest BCUT2D eigenvalue weighted by atomic mass is 10.3. The second kappa shape index (κ2) is 11.7. The highest BCUT2D eigenvalue weighted by Gasteiger charge is 2.26. The molecule has 1 amide bonds. The molecule has 1 fully saturated rings. The molecule has 13 heteroatoms. The predicted octanol–water partition coefficient (Wildman–Crippen LogP) is 0.677. The number of nitrogens with one attached hydrogen (secondary N) is 1. The molecule has 1 aliphatic rings. The van der Waals surface area contributed by atoms with Crippen LogP contribution in [0.2, 0.25) is 0 Å². The van der Waals surface area contributed by atoms with Crippen LogP contribution in [0.1, 0.15) is 0 Å². The van der Waals surface area contributed by atoms with Gasteiger partial charge in [0.05, 0.1) is 43.7 Å². The standard InChI is InChI=1S/C22H29N3O8S2/c1-31-19-5-3-18(4-6-19)25(34(2,27)28)17-22(26)23-11-14-33-20-7-9-21(10-8-20)35(29,30)24-12-15-32-16-13-24/h3-10H,11-17H2,1-2H3,(H,23,26). The first kappa shape index (κ1) is 26.7. The van der Waals surface area contributed by atoms with Gasteiger partial charge in [0.15, 0.2) is 0 Å². The molecule has 11 nitrogen and oxygen atoms in total. The summed E-state index contributed by atoms with van der Waals surface area (Å²) < 4.78 is 67.9. The van der Waals surface area contributed by atoms with Gasteiger partial charge in [-0.1, -0.05) is 0 Å². The molecule has 1 saturated heterocycles. The molecule has 0 saturated carbocycles. The van der Waals surface area contributed by atoms with E-state index in [1.165, 1.54) is 23.5 Å². The number of carbonyl (C=O) groups excluding carboxylic acids is 1. The molecule has 0 spiro atoms. The Balaban J connectivity index is 1.49. The largest absolute Gasteiger partial charge is 0.497 e. The van der Waals surface area contributed by atoms with Crippen LogP contribution in [0.3, 0.4) is 0 Å². The summed E-state index contributed by atoms with van der Waals surface area (Å²) in [7, 11) is -5.77. The molecule has 3 rings (SSSR count). The van der Waals surface area contributed by atoms with Gasteiger partial charge in [0.25, 0.3) is 0 Å². The summed E-state index contributed by atoms with van der Waals surface area (Å²) >= 11 is 0. The number of methoxy groups -OCH3 is 1. The molecule has 0 atom stereocenters. The number of nitrogens with zero attached hydrogens (tertiary/aromatic N) is 2. The fraction of sp³-hybridized carbons (Fsp3) is 0.409. The Labute approximate surface area is 205 Å². The van der Waals surface area contributed by atoms with E-state index in [9.17, 15) is 21.6 Å². The minimum absolute atomic E-state index is 0.114. The van der Waals surface area contributed by atoms with Crippen LogP contribution in [0.5, 0.6) is 11.5 Å². The van der Waals surface area contributed by atoms with Gasteiger partial charge in [-0.05, 0) is 48.5 Å². The third kappa shape index (κ3) is 7.31. The van der Waals surface area contributed by atoms with Gasteiger partial charge in [-0.2, -0.15) is 4.31 Å². The van der Waals surface area contributed by atoms with Crippen LogP contribution in [0.4, 0.5) is 5.69 Å². The Morgan fingerprint density at radius 3 is 2.17 bits per heavy atom. The van der Waals surface area contributed by atoms with E-state index in [4.69, 9.17) is 14.2 Å². The molecule has 2 aromatic carbocycles. The summed E-state index contributed by atoms with van der Waals surface area (Å²) in [6, 6.07) is 12.4. The molecule has 0 aromatic heterocycles. The average Bonchev–Trinajstić information content (AvgIpc) is 2.85. The topological polar surface area (TPSA) is 132 Å². The summed E-state index contributed by atoms with van der Waals surface area (Å²) in [5, 5.41) is 2.62. The molecule has 0 bridgehead atoms. The van der Waals surface area contributed by atoms with Gasteiger partial charge >= 0.3 is 0 Å². The molecule has 0 radical (unpaired) electrons. The lowest BCUT2D eigenvalue weighted by molar-refractivity contribution is -0.119. The van der Waals surface area contributed by atoms with Crippen LogP contribution in [0.25, 0.3) is 0 Å². The Kier molecular flexibility index (Phi) is 8.94. The van der Waals surface area contributed by atoms with Gasteiger partial charge in [-0.3, -0.25) is 9.10 Å². The summed E-state index contributed by atoms with van der Waals surface area (Å²) in [6.07, 6.45) is 1.02. The zero-order chi connectivity index (χ0) is 25.5. The zero-order valence-electron chi connectivity index (χ0n) is 19.5. The summed E-state index contributed by atoms with van der Waals surface area (Å²) in [5.41, 5.74) is 0.340. The van der Waals surface area contributed by atoms with Crippen molar-refractivity contribution in [2.24, 2.45) is 0 Å². The molecular weight excluding hydrogens is 498 g/mol. The van der Waals surface area contributed by atoms with Crippen LogP contribution in [-0.2, 0) is 29.6 Å². The first-order valence-corrected chi connectivity index (χ1v) is 14.1. The molecular formula is C22H29N3O8S2. The maximum absolute atomic E-state index is 12.7. The van der Waals surface area contributed by atoms with Crippen molar-refractivity contribution in [1.82, 2.24) is 9.62 Å². The number of amides is 1. The molecule has 2 aromatic rings. The van der Waals surface area contributed by atoms with Crippen molar-refractivity contribution in [3.05, 3.63) is 48.5 Å². The Morgan fingerprint density at radius 1 is 1.00 bits per heavy atom. The number of benzene rings is 2. The normalized spacial score (nSPS) is 14.8. The summed E-state index contributed by atoms with van der Waals surface area (Å²) in [4.78, 5) is 12.5. The fourth-order valence-electron chi connectivity index (χ4n) is 3.34. The number of hydrogen-bond donors (Lipinski definition) is 1. The molecule has 0 aliphatic carbocycles. The van der Waals surface area contributed by atoms with E-state index in [0.29, 0.717) is 43.5 Å². The van der Waals surface area contributed by atoms with E-state index in [1.807, 2.05) is 0 Å². The van der Waals surface area contributed by atoms with Crippen LogP contribution in [0, 0.1) is 0 Å². The van der Waals surface area contributed by atoms with E-state index in [0.717, 1.165) is 10.6 Å². The van der Waals surface area contributed by atoms with E-state index in [1.54, 1.807) is 36.4 Å². The fourth-order valence-corrected chi connectivity index (χ4v) is 5.60. The van der Waals surface area contributed by atoms with Gasteiger partial charge < -0.3 is 19.5 Å². The number of ether oxygens (including phenoxy) is 3. The Morgan fingerprint density at radius 2 is 1.60 bits per heavy atom. The van der Waals surface area contributed by atoms with E-state index in [-0.39, 0.29) is 24.6 Å². The van der Waals surface area contributed by atoms with Crippen molar-refractivity contribution in [3.63, 3.8) is 0 Å². The third-order valence-electron chi connectivity index (χ3n) is 5.17. The minimum atomic E-state index is -3.69. The van der Waals surface area contributed by atoms with Gasteiger partial charge in [0.2, 0.25) is 26.0 Å². The lowest BCUT2D eigenvalue weighted by Gasteiger charge is -2.26. The number of anilines is 1. The Bertz CT molecular complexity index is 1190. The predicted molar refractivity (Wildman–Crippen MR) is 130 cm³/mol. The molecule has 1 aliphatic heterocycles. The number of sulfonamides is 2. The number of carbonyl (C=O) groups is 1. The van der Waals surface area contributed by atoms with Gasteiger partial charge in [-0.25, -0.2) is 16.8 Å². The van der Waals surface area contributed by atoms with Gasteiger partial charge in [-0.15, -0.1) is 0 Å².